The molecule has 0 fully saturated rings. The lowest BCUT2D eigenvalue weighted by Crippen LogP contribution is -1.79. The van der Waals surface area contributed by atoms with Crippen molar-refractivity contribution in [2.24, 2.45) is 0 Å². The minimum atomic E-state index is -0.422. The molecule has 1 aromatic heterocycles. The van der Waals surface area contributed by atoms with Crippen molar-refractivity contribution in [3.8, 4) is 0 Å². The summed E-state index contributed by atoms with van der Waals surface area (Å²) in [5.41, 5.74) is 0.303. The quantitative estimate of drug-likeness (QED) is 0.628. The molecule has 1 nitrogen and oxygen atoms in total. The molecule has 1 heterocycles. The number of fused-ring (bicyclic) bond motifs is 1. The molecule has 0 spiro atoms. The van der Waals surface area contributed by atoms with Crippen molar-refractivity contribution in [2.45, 2.75) is 6.92 Å². The smallest absolute Gasteiger partial charge is 0.151 e. The molecule has 0 N–H and O–H groups in total. The molecule has 0 aliphatic rings. The molecule has 0 amide bonds. The van der Waals surface area contributed by atoms with E-state index in [1.807, 2.05) is 0 Å². The Morgan fingerprint density at radius 1 is 1.46 bits per heavy atom. The lowest BCUT2D eigenvalue weighted by molar-refractivity contribution is 0.637. The number of benzene rings is 1. The second-order valence-corrected chi connectivity index (χ2v) is 4.55. The topological polar surface area (TPSA) is 12.9 Å². The van der Waals surface area contributed by atoms with E-state index >= 15 is 0 Å². The summed E-state index contributed by atoms with van der Waals surface area (Å²) in [5.74, 6) is -0.422. The first-order valence-electron chi connectivity index (χ1n) is 3.50. The summed E-state index contributed by atoms with van der Waals surface area (Å²) < 4.78 is 13.9. The molecule has 0 saturated carbocycles. The number of hydrogen-bond donors (Lipinski definition) is 0. The molecule has 68 valence electrons. The van der Waals surface area contributed by atoms with Gasteiger partial charge in [-0.25, -0.2) is 9.37 Å². The number of rotatable bonds is 0. The van der Waals surface area contributed by atoms with Gasteiger partial charge >= 0.3 is 0 Å². The summed E-state index contributed by atoms with van der Waals surface area (Å²) in [4.78, 5) is 4.02. The van der Waals surface area contributed by atoms with Crippen LogP contribution >= 0.6 is 34.5 Å². The van der Waals surface area contributed by atoms with Crippen molar-refractivity contribution in [2.75, 3.05) is 0 Å². The van der Waals surface area contributed by atoms with Gasteiger partial charge in [-0.3, -0.25) is 0 Å². The minimum Gasteiger partial charge on any atom is -0.238 e. The Kier molecular flexibility index (Phi) is 2.18. The van der Waals surface area contributed by atoms with Crippen LogP contribution in [0.25, 0.3) is 10.2 Å². The largest absolute Gasteiger partial charge is 0.238 e. The molecule has 2 aromatic rings. The second kappa shape index (κ2) is 3.08. The number of hydrogen-bond acceptors (Lipinski definition) is 2. The van der Waals surface area contributed by atoms with Crippen LogP contribution in [0.1, 0.15) is 5.01 Å². The van der Waals surface area contributed by atoms with E-state index in [2.05, 4.69) is 4.98 Å². The SMILES string of the molecule is Cc1nc2c(F)cc(Cl)c(Cl)c2s1. The van der Waals surface area contributed by atoms with Crippen LogP contribution in [0.5, 0.6) is 0 Å². The van der Waals surface area contributed by atoms with Gasteiger partial charge < -0.3 is 0 Å². The third kappa shape index (κ3) is 1.41. The zero-order valence-electron chi connectivity index (χ0n) is 6.57. The summed E-state index contributed by atoms with van der Waals surface area (Å²) in [7, 11) is 0. The van der Waals surface area contributed by atoms with Gasteiger partial charge in [0, 0.05) is 0 Å². The first-order chi connectivity index (χ1) is 6.09. The lowest BCUT2D eigenvalue weighted by Gasteiger charge is -1.96. The molecule has 2 rings (SSSR count). The zero-order chi connectivity index (χ0) is 9.59. The van der Waals surface area contributed by atoms with Gasteiger partial charge in [0.2, 0.25) is 0 Å². The van der Waals surface area contributed by atoms with Gasteiger partial charge in [0.25, 0.3) is 0 Å². The number of thiazole rings is 1. The van der Waals surface area contributed by atoms with Crippen molar-refractivity contribution in [3.63, 3.8) is 0 Å². The Morgan fingerprint density at radius 2 is 2.15 bits per heavy atom. The van der Waals surface area contributed by atoms with Crippen LogP contribution in [0.4, 0.5) is 4.39 Å². The van der Waals surface area contributed by atoms with E-state index in [1.54, 1.807) is 6.92 Å². The highest BCUT2D eigenvalue weighted by Crippen LogP contribution is 2.35. The van der Waals surface area contributed by atoms with E-state index in [1.165, 1.54) is 17.4 Å². The molecule has 0 aliphatic heterocycles. The van der Waals surface area contributed by atoms with E-state index in [0.717, 1.165) is 5.01 Å². The average Bonchev–Trinajstić information content (AvgIpc) is 2.44. The van der Waals surface area contributed by atoms with Gasteiger partial charge in [0.05, 0.1) is 19.8 Å². The fourth-order valence-electron chi connectivity index (χ4n) is 1.09. The van der Waals surface area contributed by atoms with E-state index < -0.39 is 5.82 Å². The standard InChI is InChI=1S/C8H4Cl2FNS/c1-3-12-7-5(11)2-4(9)6(10)8(7)13-3/h2H,1H3. The third-order valence-electron chi connectivity index (χ3n) is 1.62. The molecular weight excluding hydrogens is 232 g/mol. The maximum absolute atomic E-state index is 13.2. The number of nitrogens with zero attached hydrogens (tertiary/aromatic N) is 1. The summed E-state index contributed by atoms with van der Waals surface area (Å²) in [6, 6.07) is 1.19. The minimum absolute atomic E-state index is 0.232. The van der Waals surface area contributed by atoms with Crippen LogP contribution in [0.15, 0.2) is 6.07 Å². The zero-order valence-corrected chi connectivity index (χ0v) is 8.90. The summed E-state index contributed by atoms with van der Waals surface area (Å²) in [6.07, 6.45) is 0. The number of halogens is 3. The predicted octanol–water partition coefficient (Wildman–Crippen LogP) is 4.05. The third-order valence-corrected chi connectivity index (χ3v) is 3.51. The van der Waals surface area contributed by atoms with Crippen LogP contribution in [-0.2, 0) is 0 Å². The second-order valence-electron chi connectivity index (χ2n) is 2.56. The summed E-state index contributed by atoms with van der Waals surface area (Å²) >= 11 is 12.9. The summed E-state index contributed by atoms with van der Waals surface area (Å²) in [6.45, 7) is 1.80. The maximum Gasteiger partial charge on any atom is 0.151 e. The normalized spacial score (nSPS) is 11.1. The highest BCUT2D eigenvalue weighted by atomic mass is 35.5. The Hall–Kier alpha value is -0.380. The van der Waals surface area contributed by atoms with Gasteiger partial charge in [0.15, 0.2) is 5.82 Å². The molecule has 0 radical (unpaired) electrons. The molecular formula is C8H4Cl2FNS. The molecule has 0 atom stereocenters. The van der Waals surface area contributed by atoms with Crippen LogP contribution in [0.3, 0.4) is 0 Å². The van der Waals surface area contributed by atoms with Crippen molar-refractivity contribution in [1.29, 1.82) is 0 Å². The molecule has 1 aromatic carbocycles. The van der Waals surface area contributed by atoms with E-state index in [9.17, 15) is 4.39 Å². The Balaban J connectivity index is 2.95. The van der Waals surface area contributed by atoms with Crippen LogP contribution < -0.4 is 0 Å². The Bertz CT molecular complexity index is 480. The van der Waals surface area contributed by atoms with Gasteiger partial charge in [-0.15, -0.1) is 11.3 Å². The highest BCUT2D eigenvalue weighted by molar-refractivity contribution is 7.19. The predicted molar refractivity (Wildman–Crippen MR) is 54.3 cm³/mol. The molecule has 5 heteroatoms. The first kappa shape index (κ1) is 9.19. The Labute approximate surface area is 88.1 Å². The van der Waals surface area contributed by atoms with Gasteiger partial charge in [-0.1, -0.05) is 23.2 Å². The van der Waals surface area contributed by atoms with Gasteiger partial charge in [-0.2, -0.15) is 0 Å². The van der Waals surface area contributed by atoms with E-state index in [-0.39, 0.29) is 5.02 Å². The van der Waals surface area contributed by atoms with Crippen molar-refractivity contribution in [3.05, 3.63) is 26.9 Å². The molecule has 0 saturated heterocycles. The first-order valence-corrected chi connectivity index (χ1v) is 5.07. The fraction of sp³-hybridized carbons (Fsp3) is 0.125. The van der Waals surface area contributed by atoms with Crippen LogP contribution in [0.2, 0.25) is 10.0 Å². The number of aryl methyl sites for hydroxylation is 1. The van der Waals surface area contributed by atoms with Gasteiger partial charge in [0.1, 0.15) is 5.52 Å². The van der Waals surface area contributed by atoms with E-state index in [0.29, 0.717) is 15.2 Å². The average molecular weight is 236 g/mol. The monoisotopic (exact) mass is 235 g/mol. The maximum atomic E-state index is 13.2. The van der Waals surface area contributed by atoms with Gasteiger partial charge in [-0.05, 0) is 13.0 Å². The van der Waals surface area contributed by atoms with Crippen LogP contribution in [-0.4, -0.2) is 4.98 Å². The summed E-state index contributed by atoms with van der Waals surface area (Å²) in [5, 5.41) is 1.39. The molecule has 0 unspecified atom stereocenters. The highest BCUT2D eigenvalue weighted by Gasteiger charge is 2.13. The number of aromatic nitrogens is 1. The fourth-order valence-corrected chi connectivity index (χ4v) is 2.47. The Morgan fingerprint density at radius 3 is 2.85 bits per heavy atom. The van der Waals surface area contributed by atoms with E-state index in [4.69, 9.17) is 23.2 Å². The molecule has 13 heavy (non-hydrogen) atoms. The van der Waals surface area contributed by atoms with Crippen molar-refractivity contribution < 1.29 is 4.39 Å². The van der Waals surface area contributed by atoms with Crippen molar-refractivity contribution in [1.82, 2.24) is 4.98 Å². The van der Waals surface area contributed by atoms with Crippen LogP contribution in [0, 0.1) is 12.7 Å². The lowest BCUT2D eigenvalue weighted by atomic mass is 10.3. The van der Waals surface area contributed by atoms with Crippen molar-refractivity contribution >= 4 is 44.8 Å². The molecule has 0 aliphatic carbocycles. The molecule has 0 bridgehead atoms.